The molecule has 0 aliphatic carbocycles. The fourth-order valence-electron chi connectivity index (χ4n) is 2.01. The minimum absolute atomic E-state index is 0.587. The Labute approximate surface area is 106 Å². The number of methoxy groups -OCH3 is 1. The second-order valence-corrected chi connectivity index (χ2v) is 4.32. The maximum atomic E-state index is 11.0. The highest BCUT2D eigenvalue weighted by atomic mass is 16.5. The van der Waals surface area contributed by atoms with Gasteiger partial charge in [0.2, 0.25) is 0 Å². The molecule has 0 amide bonds. The van der Waals surface area contributed by atoms with Crippen LogP contribution >= 0.6 is 0 Å². The molecule has 4 nitrogen and oxygen atoms in total. The fourth-order valence-corrected chi connectivity index (χ4v) is 2.01. The van der Waals surface area contributed by atoms with Crippen LogP contribution in [0.15, 0.2) is 18.2 Å². The quantitative estimate of drug-likeness (QED) is 0.840. The first-order chi connectivity index (χ1) is 8.65. The average molecular weight is 244 g/mol. The molecule has 2 aromatic rings. The van der Waals surface area contributed by atoms with E-state index in [0.29, 0.717) is 12.0 Å². The normalized spacial score (nSPS) is 10.4. The van der Waals surface area contributed by atoms with Gasteiger partial charge >= 0.3 is 0 Å². The molecule has 0 saturated carbocycles. The minimum Gasteiger partial charge on any atom is -0.496 e. The molecular formula is C14H16N2O2. The third-order valence-electron chi connectivity index (χ3n) is 2.99. The SMILES string of the molecule is COc1ccc(C)cc1Cc1n[nH]c(C)c1C=O. The van der Waals surface area contributed by atoms with Crippen molar-refractivity contribution in [2.24, 2.45) is 0 Å². The number of ether oxygens (including phenoxy) is 1. The summed E-state index contributed by atoms with van der Waals surface area (Å²) in [6, 6.07) is 5.99. The van der Waals surface area contributed by atoms with E-state index in [2.05, 4.69) is 16.3 Å². The third kappa shape index (κ3) is 2.27. The smallest absolute Gasteiger partial charge is 0.153 e. The molecule has 4 heteroatoms. The van der Waals surface area contributed by atoms with Gasteiger partial charge in [0.25, 0.3) is 0 Å². The van der Waals surface area contributed by atoms with Gasteiger partial charge in [0.05, 0.1) is 18.4 Å². The Bertz CT molecular complexity index is 573. The maximum absolute atomic E-state index is 11.0. The lowest BCUT2D eigenvalue weighted by Gasteiger charge is -2.08. The lowest BCUT2D eigenvalue weighted by Crippen LogP contribution is -1.97. The number of aldehydes is 1. The monoisotopic (exact) mass is 244 g/mol. The van der Waals surface area contributed by atoms with E-state index in [1.165, 1.54) is 0 Å². The number of aryl methyl sites for hydroxylation is 2. The van der Waals surface area contributed by atoms with E-state index in [1.807, 2.05) is 26.0 Å². The van der Waals surface area contributed by atoms with Crippen LogP contribution in [0.3, 0.4) is 0 Å². The Kier molecular flexibility index (Phi) is 3.46. The summed E-state index contributed by atoms with van der Waals surface area (Å²) >= 11 is 0. The molecule has 94 valence electrons. The number of carbonyl (C=O) groups is 1. The predicted octanol–water partition coefficient (Wildman–Crippen LogP) is 2.44. The van der Waals surface area contributed by atoms with E-state index >= 15 is 0 Å². The van der Waals surface area contributed by atoms with Crippen LogP contribution in [0.1, 0.15) is 32.9 Å². The van der Waals surface area contributed by atoms with E-state index in [-0.39, 0.29) is 0 Å². The Balaban J connectivity index is 2.38. The largest absolute Gasteiger partial charge is 0.496 e. The number of hydrogen-bond acceptors (Lipinski definition) is 3. The van der Waals surface area contributed by atoms with Crippen LogP contribution in [-0.2, 0) is 6.42 Å². The third-order valence-corrected chi connectivity index (χ3v) is 2.99. The first-order valence-electron chi connectivity index (χ1n) is 5.78. The van der Waals surface area contributed by atoms with Crippen molar-refractivity contribution in [1.82, 2.24) is 10.2 Å². The van der Waals surface area contributed by atoms with E-state index in [1.54, 1.807) is 7.11 Å². The maximum Gasteiger partial charge on any atom is 0.153 e. The van der Waals surface area contributed by atoms with Gasteiger partial charge in [-0.2, -0.15) is 5.10 Å². The molecule has 0 aliphatic rings. The zero-order valence-electron chi connectivity index (χ0n) is 10.8. The number of nitrogens with one attached hydrogen (secondary N) is 1. The molecule has 0 bridgehead atoms. The highest BCUT2D eigenvalue weighted by Gasteiger charge is 2.12. The molecule has 1 aromatic heterocycles. The number of nitrogens with zero attached hydrogens (tertiary/aromatic N) is 1. The van der Waals surface area contributed by atoms with Crippen molar-refractivity contribution in [3.63, 3.8) is 0 Å². The molecule has 0 unspecified atom stereocenters. The number of benzene rings is 1. The Morgan fingerprint density at radius 1 is 1.39 bits per heavy atom. The van der Waals surface area contributed by atoms with Crippen molar-refractivity contribution < 1.29 is 9.53 Å². The highest BCUT2D eigenvalue weighted by Crippen LogP contribution is 2.23. The van der Waals surface area contributed by atoms with Gasteiger partial charge in [-0.3, -0.25) is 9.89 Å². The zero-order chi connectivity index (χ0) is 13.1. The molecule has 2 rings (SSSR count). The predicted molar refractivity (Wildman–Crippen MR) is 69.2 cm³/mol. The van der Waals surface area contributed by atoms with Crippen molar-refractivity contribution in [3.8, 4) is 5.75 Å². The van der Waals surface area contributed by atoms with Crippen molar-refractivity contribution >= 4 is 6.29 Å². The summed E-state index contributed by atoms with van der Waals surface area (Å²) < 4.78 is 5.33. The molecule has 0 spiro atoms. The second-order valence-electron chi connectivity index (χ2n) is 4.32. The number of hydrogen-bond donors (Lipinski definition) is 1. The molecule has 0 saturated heterocycles. The topological polar surface area (TPSA) is 55.0 Å². The second kappa shape index (κ2) is 5.04. The molecule has 0 fully saturated rings. The van der Waals surface area contributed by atoms with Crippen LogP contribution in [0, 0.1) is 13.8 Å². The number of aromatic amines is 1. The molecular weight excluding hydrogens is 228 g/mol. The van der Waals surface area contributed by atoms with Gasteiger partial charge in [0.1, 0.15) is 5.75 Å². The van der Waals surface area contributed by atoms with E-state index in [0.717, 1.165) is 34.6 Å². The summed E-state index contributed by atoms with van der Waals surface area (Å²) in [6.45, 7) is 3.87. The first-order valence-corrected chi connectivity index (χ1v) is 5.78. The van der Waals surface area contributed by atoms with Gasteiger partial charge in [0, 0.05) is 17.7 Å². The molecule has 1 N–H and O–H groups in total. The average Bonchev–Trinajstić information content (AvgIpc) is 2.70. The van der Waals surface area contributed by atoms with Crippen LogP contribution in [0.25, 0.3) is 0 Å². The van der Waals surface area contributed by atoms with Gasteiger partial charge in [-0.1, -0.05) is 17.7 Å². The molecule has 0 radical (unpaired) electrons. The Hall–Kier alpha value is -2.10. The van der Waals surface area contributed by atoms with Gasteiger partial charge in [-0.25, -0.2) is 0 Å². The van der Waals surface area contributed by atoms with Crippen molar-refractivity contribution in [3.05, 3.63) is 46.3 Å². The number of aromatic nitrogens is 2. The summed E-state index contributed by atoms with van der Waals surface area (Å²) in [5, 5.41) is 7.01. The van der Waals surface area contributed by atoms with Gasteiger partial charge in [-0.05, 0) is 19.9 Å². The highest BCUT2D eigenvalue weighted by molar-refractivity contribution is 5.78. The lowest BCUT2D eigenvalue weighted by atomic mass is 10.0. The number of H-pyrrole nitrogens is 1. The van der Waals surface area contributed by atoms with Crippen molar-refractivity contribution in [1.29, 1.82) is 0 Å². The molecule has 18 heavy (non-hydrogen) atoms. The molecule has 0 atom stereocenters. The summed E-state index contributed by atoms with van der Waals surface area (Å²) in [5.74, 6) is 0.818. The lowest BCUT2D eigenvalue weighted by molar-refractivity contribution is 0.112. The van der Waals surface area contributed by atoms with Crippen LogP contribution in [-0.4, -0.2) is 23.6 Å². The summed E-state index contributed by atoms with van der Waals surface area (Å²) in [6.07, 6.45) is 1.43. The first kappa shape index (κ1) is 12.4. The molecule has 1 aromatic carbocycles. The van der Waals surface area contributed by atoms with Crippen LogP contribution in [0.4, 0.5) is 0 Å². The van der Waals surface area contributed by atoms with E-state index < -0.39 is 0 Å². The minimum atomic E-state index is 0.587. The van der Waals surface area contributed by atoms with Crippen LogP contribution < -0.4 is 4.74 Å². The Morgan fingerprint density at radius 3 is 2.83 bits per heavy atom. The van der Waals surface area contributed by atoms with Gasteiger partial charge in [-0.15, -0.1) is 0 Å². The zero-order valence-corrected chi connectivity index (χ0v) is 10.8. The molecule has 1 heterocycles. The summed E-state index contributed by atoms with van der Waals surface area (Å²) in [5.41, 5.74) is 4.38. The number of rotatable bonds is 4. The van der Waals surface area contributed by atoms with Crippen molar-refractivity contribution in [2.45, 2.75) is 20.3 Å². The standard InChI is InChI=1S/C14H16N2O2/c1-9-4-5-14(18-3)11(6-9)7-13-12(8-17)10(2)15-16-13/h4-6,8H,7H2,1-3H3,(H,15,16). The molecule has 0 aliphatic heterocycles. The van der Waals surface area contributed by atoms with E-state index in [9.17, 15) is 4.79 Å². The summed E-state index contributed by atoms with van der Waals surface area (Å²) in [7, 11) is 1.64. The van der Waals surface area contributed by atoms with Crippen LogP contribution in [0.2, 0.25) is 0 Å². The Morgan fingerprint density at radius 2 is 2.17 bits per heavy atom. The van der Waals surface area contributed by atoms with Crippen LogP contribution in [0.5, 0.6) is 5.75 Å². The van der Waals surface area contributed by atoms with E-state index in [4.69, 9.17) is 4.74 Å². The van der Waals surface area contributed by atoms with Crippen molar-refractivity contribution in [2.75, 3.05) is 7.11 Å². The fraction of sp³-hybridized carbons (Fsp3) is 0.286. The van der Waals surface area contributed by atoms with Gasteiger partial charge < -0.3 is 4.74 Å². The number of carbonyl (C=O) groups excluding carboxylic acids is 1. The van der Waals surface area contributed by atoms with Gasteiger partial charge in [0.15, 0.2) is 6.29 Å². The summed E-state index contributed by atoms with van der Waals surface area (Å²) in [4.78, 5) is 11.0.